The highest BCUT2D eigenvalue weighted by Crippen LogP contribution is 2.28. The second-order valence-electron chi connectivity index (χ2n) is 6.41. The van der Waals surface area contributed by atoms with Crippen molar-refractivity contribution in [2.45, 2.75) is 25.6 Å². The summed E-state index contributed by atoms with van der Waals surface area (Å²) in [6.07, 6.45) is 7.08. The third-order valence-corrected chi connectivity index (χ3v) is 4.51. The van der Waals surface area contributed by atoms with Gasteiger partial charge in [0, 0.05) is 50.6 Å². The Balaban J connectivity index is 1.44. The third kappa shape index (κ3) is 3.62. The molecule has 130 valence electrons. The van der Waals surface area contributed by atoms with Crippen LogP contribution in [0.15, 0.2) is 47.5 Å². The molecule has 0 bridgehead atoms. The minimum atomic E-state index is 0.248. The minimum Gasteiger partial charge on any atom is -0.472 e. The lowest BCUT2D eigenvalue weighted by molar-refractivity contribution is 0.0829. The number of ether oxygens (including phenoxy) is 1. The van der Waals surface area contributed by atoms with Gasteiger partial charge in [-0.2, -0.15) is 0 Å². The van der Waals surface area contributed by atoms with E-state index in [9.17, 15) is 0 Å². The van der Waals surface area contributed by atoms with Crippen LogP contribution in [0.5, 0.6) is 0 Å². The van der Waals surface area contributed by atoms with Gasteiger partial charge < -0.3 is 9.15 Å². The molecule has 0 saturated carbocycles. The van der Waals surface area contributed by atoms with Crippen LogP contribution in [-0.4, -0.2) is 38.0 Å². The van der Waals surface area contributed by atoms with Crippen LogP contribution in [0, 0.1) is 0 Å². The summed E-state index contributed by atoms with van der Waals surface area (Å²) in [5.41, 5.74) is 4.51. The number of aromatic nitrogens is 4. The molecule has 0 radical (unpaired) electrons. The monoisotopic (exact) mass is 339 g/mol. The smallest absolute Gasteiger partial charge is 0.100 e. The molecule has 3 aromatic heterocycles. The molecule has 0 N–H and O–H groups in total. The highest BCUT2D eigenvalue weighted by molar-refractivity contribution is 5.20. The molecule has 1 unspecified atom stereocenters. The number of fused-ring (bicyclic) bond motifs is 1. The van der Waals surface area contributed by atoms with Gasteiger partial charge >= 0.3 is 0 Å². The van der Waals surface area contributed by atoms with Crippen molar-refractivity contribution in [3.8, 4) is 0 Å². The summed E-state index contributed by atoms with van der Waals surface area (Å²) in [6.45, 7) is 3.78. The first kappa shape index (κ1) is 16.0. The zero-order chi connectivity index (χ0) is 17.1. The van der Waals surface area contributed by atoms with E-state index in [1.54, 1.807) is 24.9 Å². The van der Waals surface area contributed by atoms with E-state index < -0.39 is 0 Å². The lowest BCUT2D eigenvalue weighted by Gasteiger charge is -2.31. The van der Waals surface area contributed by atoms with Crippen molar-refractivity contribution in [3.63, 3.8) is 0 Å². The molecule has 7 nitrogen and oxygen atoms in total. The zero-order valence-corrected chi connectivity index (χ0v) is 14.2. The third-order valence-electron chi connectivity index (χ3n) is 4.51. The average molecular weight is 339 g/mol. The summed E-state index contributed by atoms with van der Waals surface area (Å²) in [5, 5.41) is 8.54. The highest BCUT2D eigenvalue weighted by atomic mass is 16.5. The highest BCUT2D eigenvalue weighted by Gasteiger charge is 2.30. The van der Waals surface area contributed by atoms with Crippen molar-refractivity contribution in [1.82, 2.24) is 24.9 Å². The Hall–Kier alpha value is -2.51. The molecule has 3 aromatic rings. The molecular weight excluding hydrogens is 318 g/mol. The van der Waals surface area contributed by atoms with Gasteiger partial charge in [0.05, 0.1) is 31.4 Å². The van der Waals surface area contributed by atoms with E-state index in [2.05, 4.69) is 20.2 Å². The van der Waals surface area contributed by atoms with Gasteiger partial charge in [0.15, 0.2) is 0 Å². The van der Waals surface area contributed by atoms with Gasteiger partial charge in [-0.05, 0) is 23.8 Å². The van der Waals surface area contributed by atoms with E-state index in [1.807, 2.05) is 29.9 Å². The first-order valence-electron chi connectivity index (χ1n) is 8.38. The van der Waals surface area contributed by atoms with Crippen molar-refractivity contribution in [2.75, 3.05) is 13.2 Å². The van der Waals surface area contributed by atoms with Crippen LogP contribution >= 0.6 is 0 Å². The standard InChI is InChI=1S/C18H21N5O2/c1-22-18-16(13-25-11-14-2-5-19-6-3-14)9-23(10-17(18)20-21-22)8-15-4-7-24-12-15/h2-7,12,16H,8-11,13H2,1H3. The summed E-state index contributed by atoms with van der Waals surface area (Å²) in [7, 11) is 1.95. The predicted octanol–water partition coefficient (Wildman–Crippen LogP) is 2.12. The van der Waals surface area contributed by atoms with Crippen LogP contribution < -0.4 is 0 Å². The second-order valence-corrected chi connectivity index (χ2v) is 6.41. The zero-order valence-electron chi connectivity index (χ0n) is 14.2. The molecule has 1 aliphatic heterocycles. The van der Waals surface area contributed by atoms with E-state index in [0.717, 1.165) is 30.9 Å². The maximum Gasteiger partial charge on any atom is 0.100 e. The summed E-state index contributed by atoms with van der Waals surface area (Å²) in [5.74, 6) is 0.248. The van der Waals surface area contributed by atoms with Crippen molar-refractivity contribution >= 4 is 0 Å². The fourth-order valence-corrected chi connectivity index (χ4v) is 3.39. The Bertz CT molecular complexity index is 800. The molecule has 0 saturated heterocycles. The number of hydrogen-bond donors (Lipinski definition) is 0. The molecule has 7 heteroatoms. The molecule has 4 heterocycles. The van der Waals surface area contributed by atoms with Gasteiger partial charge in [-0.15, -0.1) is 5.10 Å². The van der Waals surface area contributed by atoms with Gasteiger partial charge in [-0.25, -0.2) is 0 Å². The Labute approximate surface area is 146 Å². The normalized spacial score (nSPS) is 17.6. The quantitative estimate of drug-likeness (QED) is 0.685. The molecule has 0 amide bonds. The van der Waals surface area contributed by atoms with E-state index in [1.165, 1.54) is 11.3 Å². The van der Waals surface area contributed by atoms with E-state index >= 15 is 0 Å². The molecule has 0 aliphatic carbocycles. The van der Waals surface area contributed by atoms with E-state index in [4.69, 9.17) is 9.15 Å². The predicted molar refractivity (Wildman–Crippen MR) is 90.5 cm³/mol. The minimum absolute atomic E-state index is 0.248. The molecule has 4 rings (SSSR count). The number of furan rings is 1. The second kappa shape index (κ2) is 7.16. The van der Waals surface area contributed by atoms with Crippen molar-refractivity contribution < 1.29 is 9.15 Å². The molecule has 1 atom stereocenters. The fraction of sp³-hybridized carbons (Fsp3) is 0.389. The Kier molecular flexibility index (Phi) is 4.58. The SMILES string of the molecule is Cn1nnc2c1C(COCc1ccncc1)CN(Cc1ccoc1)C2. The maximum atomic E-state index is 5.98. The van der Waals surface area contributed by atoms with Gasteiger partial charge in [-0.3, -0.25) is 14.6 Å². The first-order chi connectivity index (χ1) is 12.3. The van der Waals surface area contributed by atoms with Gasteiger partial charge in [0.2, 0.25) is 0 Å². The fourth-order valence-electron chi connectivity index (χ4n) is 3.39. The molecular formula is C18H21N5O2. The van der Waals surface area contributed by atoms with Crippen LogP contribution in [-0.2, 0) is 31.5 Å². The summed E-state index contributed by atoms with van der Waals surface area (Å²) >= 11 is 0. The molecule has 1 aliphatic rings. The number of hydrogen-bond acceptors (Lipinski definition) is 6. The van der Waals surface area contributed by atoms with Crippen LogP contribution in [0.2, 0.25) is 0 Å². The first-order valence-corrected chi connectivity index (χ1v) is 8.38. The summed E-state index contributed by atoms with van der Waals surface area (Å²) in [4.78, 5) is 6.40. The van der Waals surface area contributed by atoms with Gasteiger partial charge in [0.25, 0.3) is 0 Å². The van der Waals surface area contributed by atoms with Gasteiger partial charge in [-0.1, -0.05) is 5.21 Å². The molecule has 0 fully saturated rings. The largest absolute Gasteiger partial charge is 0.472 e. The number of pyridine rings is 1. The van der Waals surface area contributed by atoms with Crippen molar-refractivity contribution in [1.29, 1.82) is 0 Å². The van der Waals surface area contributed by atoms with Crippen LogP contribution in [0.25, 0.3) is 0 Å². The Morgan fingerprint density at radius 3 is 2.92 bits per heavy atom. The van der Waals surface area contributed by atoms with Crippen molar-refractivity contribution in [3.05, 3.63) is 65.6 Å². The maximum absolute atomic E-state index is 5.98. The van der Waals surface area contributed by atoms with Gasteiger partial charge in [0.1, 0.15) is 5.69 Å². The average Bonchev–Trinajstić information content (AvgIpc) is 3.26. The number of aryl methyl sites for hydroxylation is 1. The molecule has 25 heavy (non-hydrogen) atoms. The number of rotatable bonds is 6. The van der Waals surface area contributed by atoms with Crippen LogP contribution in [0.3, 0.4) is 0 Å². The lowest BCUT2D eigenvalue weighted by Crippen LogP contribution is -2.35. The Morgan fingerprint density at radius 1 is 1.24 bits per heavy atom. The van der Waals surface area contributed by atoms with Crippen LogP contribution in [0.4, 0.5) is 0 Å². The topological polar surface area (TPSA) is 69.2 Å². The van der Waals surface area contributed by atoms with E-state index in [0.29, 0.717) is 13.2 Å². The summed E-state index contributed by atoms with van der Waals surface area (Å²) in [6, 6.07) is 5.95. The Morgan fingerprint density at radius 2 is 2.12 bits per heavy atom. The van der Waals surface area contributed by atoms with Crippen molar-refractivity contribution in [2.24, 2.45) is 7.05 Å². The van der Waals surface area contributed by atoms with E-state index in [-0.39, 0.29) is 5.92 Å². The molecule has 0 spiro atoms. The number of nitrogens with zero attached hydrogens (tertiary/aromatic N) is 5. The summed E-state index contributed by atoms with van der Waals surface area (Å²) < 4.78 is 13.0. The van der Waals surface area contributed by atoms with Crippen LogP contribution in [0.1, 0.15) is 28.4 Å². The lowest BCUT2D eigenvalue weighted by atomic mass is 9.98. The molecule has 0 aromatic carbocycles.